The smallest absolute Gasteiger partial charge is 0.306 e. The number of unbranched alkanes of at least 4 members (excludes halogenated alkanes) is 29. The third-order valence-electron chi connectivity index (χ3n) is 16.0. The van der Waals surface area contributed by atoms with E-state index >= 15 is 0 Å². The number of carbonyl (C=O) groups is 2. The third kappa shape index (κ3) is 76.6. The number of likely N-dealkylation sites (N-methyl/N-ethyl adjacent to an activating group) is 1. The standard InChI is InChI=1S/C84H142NO8P/c1-6-8-10-12-14-16-18-20-22-24-26-28-30-32-34-36-37-38-39-40-41-42-43-44-45-46-47-49-51-53-55-57-59-61-63-65-67-69-71-73-75-77-84(87)93-82(81-92-94(88,89)91-79-78-85(3,4)5)80-90-83(86)76-74-72-70-68-66-64-62-60-58-56-54-52-50-48-35-33-31-29-27-25-23-21-19-17-15-13-11-9-7-2/h8-11,14-17,20-23,26-29,32,34,37-38,40-41,43-44,46-47,82H,6-7,12-13,18-19,24-25,30-31,33,35-36,39,42,45,48-81H2,1-5H3/b10-8-,11-9-,16-14-,17-15-,22-20-,23-21-,28-26-,29-27-,34-32-,38-37-,41-40-,44-43-,47-46-. The highest BCUT2D eigenvalue weighted by Gasteiger charge is 2.22. The number of ether oxygens (including phenoxy) is 2. The molecule has 10 heteroatoms. The maximum Gasteiger partial charge on any atom is 0.306 e. The second kappa shape index (κ2) is 72.9. The molecular weight excluding hydrogens is 1180 g/mol. The number of phosphoric acid groups is 1. The summed E-state index contributed by atoms with van der Waals surface area (Å²) in [4.78, 5) is 38.2. The van der Waals surface area contributed by atoms with Crippen molar-refractivity contribution in [2.24, 2.45) is 0 Å². The molecule has 0 N–H and O–H groups in total. The quantitative estimate of drug-likeness (QED) is 0.0195. The van der Waals surface area contributed by atoms with Crippen LogP contribution in [0.5, 0.6) is 0 Å². The molecule has 2 atom stereocenters. The summed E-state index contributed by atoms with van der Waals surface area (Å²) in [6.45, 7) is 4.03. The molecule has 0 aliphatic heterocycles. The Kier molecular flexibility index (Phi) is 69.5. The van der Waals surface area contributed by atoms with Crippen molar-refractivity contribution in [3.8, 4) is 0 Å². The number of hydrogen-bond donors (Lipinski definition) is 0. The van der Waals surface area contributed by atoms with E-state index in [1.165, 1.54) is 154 Å². The van der Waals surface area contributed by atoms with E-state index in [0.29, 0.717) is 17.4 Å². The van der Waals surface area contributed by atoms with E-state index in [1.54, 1.807) is 0 Å². The Balaban J connectivity index is 4.03. The highest BCUT2D eigenvalue weighted by molar-refractivity contribution is 7.45. The van der Waals surface area contributed by atoms with Crippen LogP contribution in [-0.4, -0.2) is 70.0 Å². The molecular formula is C84H142NO8P. The molecule has 94 heavy (non-hydrogen) atoms. The van der Waals surface area contributed by atoms with Crippen LogP contribution in [0.25, 0.3) is 0 Å². The van der Waals surface area contributed by atoms with Gasteiger partial charge in [-0.1, -0.05) is 332 Å². The van der Waals surface area contributed by atoms with Crippen molar-refractivity contribution in [3.05, 3.63) is 158 Å². The first-order valence-corrected chi connectivity index (χ1v) is 39.7. The number of allylic oxidation sites excluding steroid dienone is 26. The van der Waals surface area contributed by atoms with Gasteiger partial charge in [-0.15, -0.1) is 0 Å². The molecule has 0 fully saturated rings. The Bertz CT molecular complexity index is 2150. The maximum absolute atomic E-state index is 12.9. The lowest BCUT2D eigenvalue weighted by Gasteiger charge is -2.28. The van der Waals surface area contributed by atoms with Gasteiger partial charge in [0.1, 0.15) is 19.8 Å². The Labute approximate surface area is 579 Å². The molecule has 2 unspecified atom stereocenters. The van der Waals surface area contributed by atoms with Gasteiger partial charge in [0.05, 0.1) is 27.7 Å². The number of nitrogens with zero attached hydrogens (tertiary/aromatic N) is 1. The SMILES string of the molecule is CC/C=C\C/C=C\C/C=C\C/C=C\C/C=C\C/C=C\C/C=C\C/C=C\C/C=C\CCCCCCCCCCCCCCCC(=O)OC(COC(=O)CCCCCCCCCCCCCCCCCC/C=C\C/C=C\C/C=C\C/C=C\CC)COP(=O)([O-])OCC[N+](C)(C)C. The molecule has 0 aromatic carbocycles. The molecule has 9 nitrogen and oxygen atoms in total. The minimum absolute atomic E-state index is 0.0362. The molecule has 0 spiro atoms. The van der Waals surface area contributed by atoms with E-state index in [-0.39, 0.29) is 32.0 Å². The van der Waals surface area contributed by atoms with Crippen molar-refractivity contribution >= 4 is 19.8 Å². The Morgan fingerprint density at radius 1 is 0.330 bits per heavy atom. The Morgan fingerprint density at radius 2 is 0.574 bits per heavy atom. The number of carbonyl (C=O) groups excluding carboxylic acids is 2. The van der Waals surface area contributed by atoms with E-state index in [2.05, 4.69) is 172 Å². The largest absolute Gasteiger partial charge is 0.756 e. The summed E-state index contributed by atoms with van der Waals surface area (Å²) in [7, 11) is 1.16. The van der Waals surface area contributed by atoms with E-state index in [4.69, 9.17) is 18.5 Å². The van der Waals surface area contributed by atoms with Crippen LogP contribution in [0.2, 0.25) is 0 Å². The van der Waals surface area contributed by atoms with E-state index in [0.717, 1.165) is 122 Å². The summed E-state index contributed by atoms with van der Waals surface area (Å²) >= 11 is 0. The minimum atomic E-state index is -4.65. The molecule has 0 aliphatic rings. The van der Waals surface area contributed by atoms with Crippen LogP contribution in [0, 0.1) is 0 Å². The molecule has 0 rings (SSSR count). The molecule has 0 aromatic heterocycles. The zero-order valence-corrected chi connectivity index (χ0v) is 62.0. The van der Waals surface area contributed by atoms with Gasteiger partial charge in [-0.2, -0.15) is 0 Å². The summed E-state index contributed by atoms with van der Waals surface area (Å²) in [5.74, 6) is -0.833. The number of quaternary nitrogens is 1. The van der Waals surface area contributed by atoms with Crippen molar-refractivity contribution in [3.63, 3.8) is 0 Å². The van der Waals surface area contributed by atoms with E-state index in [9.17, 15) is 19.0 Å². The van der Waals surface area contributed by atoms with Gasteiger partial charge in [0.15, 0.2) is 6.10 Å². The molecule has 0 heterocycles. The number of rotatable bonds is 69. The van der Waals surface area contributed by atoms with Gasteiger partial charge in [-0.05, 0) is 122 Å². The summed E-state index contributed by atoms with van der Waals surface area (Å²) < 4.78 is 34.4. The van der Waals surface area contributed by atoms with E-state index in [1.807, 2.05) is 21.1 Å². The maximum atomic E-state index is 12.9. The zero-order chi connectivity index (χ0) is 68.3. The predicted octanol–water partition coefficient (Wildman–Crippen LogP) is 24.9. The molecule has 0 bridgehead atoms. The highest BCUT2D eigenvalue weighted by Crippen LogP contribution is 2.38. The van der Waals surface area contributed by atoms with Crippen LogP contribution in [-0.2, 0) is 32.7 Å². The number of hydrogen-bond acceptors (Lipinski definition) is 8. The lowest BCUT2D eigenvalue weighted by molar-refractivity contribution is -0.870. The molecule has 0 amide bonds. The third-order valence-corrected chi connectivity index (χ3v) is 17.0. The molecule has 0 radical (unpaired) electrons. The normalized spacial score (nSPS) is 14.0. The van der Waals surface area contributed by atoms with Crippen molar-refractivity contribution in [1.82, 2.24) is 0 Å². The van der Waals surface area contributed by atoms with Gasteiger partial charge in [-0.3, -0.25) is 14.2 Å². The fourth-order valence-electron chi connectivity index (χ4n) is 10.3. The van der Waals surface area contributed by atoms with Crippen LogP contribution in [0.3, 0.4) is 0 Å². The summed E-state index contributed by atoms with van der Waals surface area (Å²) in [6, 6.07) is 0. The first-order valence-electron chi connectivity index (χ1n) is 38.2. The van der Waals surface area contributed by atoms with Crippen molar-refractivity contribution < 1.29 is 42.1 Å². The van der Waals surface area contributed by atoms with Gasteiger partial charge >= 0.3 is 11.9 Å². The van der Waals surface area contributed by atoms with Gasteiger partial charge in [0, 0.05) is 12.8 Å². The van der Waals surface area contributed by atoms with Gasteiger partial charge < -0.3 is 27.9 Å². The highest BCUT2D eigenvalue weighted by atomic mass is 31.2. The van der Waals surface area contributed by atoms with Crippen LogP contribution >= 0.6 is 7.82 Å². The first kappa shape index (κ1) is 89.6. The monoisotopic (exact) mass is 1320 g/mol. The van der Waals surface area contributed by atoms with Crippen molar-refractivity contribution in [1.29, 1.82) is 0 Å². The average Bonchev–Trinajstić information content (AvgIpc) is 1.57. The lowest BCUT2D eigenvalue weighted by Crippen LogP contribution is -2.37. The summed E-state index contributed by atoms with van der Waals surface area (Å²) in [6.07, 6.45) is 109. The minimum Gasteiger partial charge on any atom is -0.756 e. The van der Waals surface area contributed by atoms with Gasteiger partial charge in [0.2, 0.25) is 0 Å². The fourth-order valence-corrected chi connectivity index (χ4v) is 11.0. The van der Waals surface area contributed by atoms with Crippen molar-refractivity contribution in [2.45, 2.75) is 315 Å². The van der Waals surface area contributed by atoms with Crippen LogP contribution in [0.4, 0.5) is 0 Å². The first-order chi connectivity index (χ1) is 46.0. The molecule has 0 saturated heterocycles. The zero-order valence-electron chi connectivity index (χ0n) is 61.1. The predicted molar refractivity (Wildman–Crippen MR) is 406 cm³/mol. The van der Waals surface area contributed by atoms with Gasteiger partial charge in [0.25, 0.3) is 7.82 Å². The average molecular weight is 1330 g/mol. The Hall–Kier alpha value is -4.37. The van der Waals surface area contributed by atoms with Crippen LogP contribution < -0.4 is 4.89 Å². The molecule has 0 aliphatic carbocycles. The lowest BCUT2D eigenvalue weighted by atomic mass is 10.0. The number of phosphoric ester groups is 1. The second-order valence-corrected chi connectivity index (χ2v) is 27.7. The van der Waals surface area contributed by atoms with Crippen LogP contribution in [0.1, 0.15) is 309 Å². The second-order valence-electron chi connectivity index (χ2n) is 26.3. The number of esters is 2. The molecule has 0 aromatic rings. The fraction of sp³-hybridized carbons (Fsp3) is 0.667. The Morgan fingerprint density at radius 3 is 0.851 bits per heavy atom. The molecule has 536 valence electrons. The summed E-state index contributed by atoms with van der Waals surface area (Å²) in [5.41, 5.74) is 0. The summed E-state index contributed by atoms with van der Waals surface area (Å²) in [5, 5.41) is 0. The van der Waals surface area contributed by atoms with E-state index < -0.39 is 26.5 Å². The topological polar surface area (TPSA) is 111 Å². The van der Waals surface area contributed by atoms with Crippen LogP contribution in [0.15, 0.2) is 158 Å². The van der Waals surface area contributed by atoms with Crippen molar-refractivity contribution in [2.75, 3.05) is 47.5 Å². The molecule has 0 saturated carbocycles. The van der Waals surface area contributed by atoms with Gasteiger partial charge in [-0.25, -0.2) is 0 Å².